The van der Waals surface area contributed by atoms with Gasteiger partial charge >= 0.3 is 0 Å². The number of rotatable bonds is 4. The Morgan fingerprint density at radius 2 is 2.15 bits per heavy atom. The molecule has 1 unspecified atom stereocenters. The minimum absolute atomic E-state index is 0.250. The van der Waals surface area contributed by atoms with Crippen LogP contribution < -0.4 is 10.2 Å². The molecular weight excluding hydrogens is 252 g/mol. The molecule has 0 radical (unpaired) electrons. The van der Waals surface area contributed by atoms with Gasteiger partial charge in [0.1, 0.15) is 17.5 Å². The van der Waals surface area contributed by atoms with Gasteiger partial charge in [-0.1, -0.05) is 6.92 Å². The lowest BCUT2D eigenvalue weighted by Gasteiger charge is -2.26. The molecule has 0 bridgehead atoms. The van der Waals surface area contributed by atoms with Gasteiger partial charge in [0.05, 0.1) is 6.10 Å². The summed E-state index contributed by atoms with van der Waals surface area (Å²) >= 11 is 0. The number of hydrogen-bond donors (Lipinski definition) is 1. The van der Waals surface area contributed by atoms with Crippen molar-refractivity contribution < 1.29 is 4.74 Å². The van der Waals surface area contributed by atoms with Crippen LogP contribution in [0.15, 0.2) is 0 Å². The molecule has 1 aliphatic rings. The Hall–Kier alpha value is -1.36. The Kier molecular flexibility index (Phi) is 5.17. The molecule has 0 aromatic carbocycles. The van der Waals surface area contributed by atoms with Crippen LogP contribution in [-0.4, -0.2) is 42.3 Å². The van der Waals surface area contributed by atoms with Crippen molar-refractivity contribution >= 4 is 11.6 Å². The molecule has 20 heavy (non-hydrogen) atoms. The lowest BCUT2D eigenvalue weighted by molar-refractivity contribution is 0.0820. The van der Waals surface area contributed by atoms with Crippen LogP contribution in [0.4, 0.5) is 11.6 Å². The first-order valence-corrected chi connectivity index (χ1v) is 7.63. The molecule has 2 rings (SSSR count). The quantitative estimate of drug-likeness (QED) is 0.916. The van der Waals surface area contributed by atoms with Crippen molar-refractivity contribution in [2.75, 3.05) is 36.5 Å². The van der Waals surface area contributed by atoms with Gasteiger partial charge in [0.15, 0.2) is 0 Å². The standard InChI is InChI=1S/C15H26N4O/c1-5-13-17-14(16-6-2)12(4)15(18-13)19-8-7-9-20-11(3)10-19/h11H,5-10H2,1-4H3,(H,16,17,18). The summed E-state index contributed by atoms with van der Waals surface area (Å²) in [6.45, 7) is 12.0. The number of nitrogens with zero attached hydrogens (tertiary/aromatic N) is 3. The van der Waals surface area contributed by atoms with Crippen LogP contribution in [0.25, 0.3) is 0 Å². The third kappa shape index (κ3) is 3.39. The summed E-state index contributed by atoms with van der Waals surface area (Å²) in [5.41, 5.74) is 1.14. The van der Waals surface area contributed by atoms with Crippen LogP contribution in [0.5, 0.6) is 0 Å². The SMILES string of the molecule is CCNc1nc(CC)nc(N2CCCOC(C)C2)c1C. The minimum Gasteiger partial charge on any atom is -0.377 e. The molecule has 0 aliphatic carbocycles. The molecule has 1 aromatic heterocycles. The van der Waals surface area contributed by atoms with E-state index >= 15 is 0 Å². The van der Waals surface area contributed by atoms with Crippen molar-refractivity contribution in [3.63, 3.8) is 0 Å². The summed E-state index contributed by atoms with van der Waals surface area (Å²) in [7, 11) is 0. The molecule has 1 aromatic rings. The monoisotopic (exact) mass is 278 g/mol. The molecule has 2 heterocycles. The fourth-order valence-corrected chi connectivity index (χ4v) is 2.54. The first-order chi connectivity index (χ1) is 9.65. The number of hydrogen-bond acceptors (Lipinski definition) is 5. The number of aromatic nitrogens is 2. The first-order valence-electron chi connectivity index (χ1n) is 7.63. The molecule has 5 heteroatoms. The van der Waals surface area contributed by atoms with Gasteiger partial charge < -0.3 is 15.0 Å². The predicted octanol–water partition coefficient (Wildman–Crippen LogP) is 2.39. The van der Waals surface area contributed by atoms with Crippen LogP contribution in [0.3, 0.4) is 0 Å². The first kappa shape index (κ1) is 15.0. The second kappa shape index (κ2) is 6.88. The zero-order valence-corrected chi connectivity index (χ0v) is 13.1. The normalized spacial score (nSPS) is 19.8. The van der Waals surface area contributed by atoms with E-state index in [2.05, 4.69) is 42.9 Å². The number of aryl methyl sites for hydroxylation is 1. The smallest absolute Gasteiger partial charge is 0.137 e. The van der Waals surface area contributed by atoms with E-state index in [-0.39, 0.29) is 6.10 Å². The van der Waals surface area contributed by atoms with E-state index in [1.165, 1.54) is 0 Å². The van der Waals surface area contributed by atoms with Crippen molar-refractivity contribution in [3.8, 4) is 0 Å². The molecule has 1 N–H and O–H groups in total. The lowest BCUT2D eigenvalue weighted by atomic mass is 10.2. The Morgan fingerprint density at radius 3 is 2.85 bits per heavy atom. The van der Waals surface area contributed by atoms with E-state index in [1.54, 1.807) is 0 Å². The Labute approximate surface area is 121 Å². The fraction of sp³-hybridized carbons (Fsp3) is 0.733. The van der Waals surface area contributed by atoms with Crippen molar-refractivity contribution in [2.24, 2.45) is 0 Å². The van der Waals surface area contributed by atoms with Gasteiger partial charge in [-0.25, -0.2) is 9.97 Å². The topological polar surface area (TPSA) is 50.3 Å². The van der Waals surface area contributed by atoms with E-state index < -0.39 is 0 Å². The highest BCUT2D eigenvalue weighted by Crippen LogP contribution is 2.25. The van der Waals surface area contributed by atoms with Crippen LogP contribution in [0.2, 0.25) is 0 Å². The molecular formula is C15H26N4O. The van der Waals surface area contributed by atoms with Crippen molar-refractivity contribution in [1.82, 2.24) is 9.97 Å². The lowest BCUT2D eigenvalue weighted by Crippen LogP contribution is -2.32. The third-order valence-corrected chi connectivity index (χ3v) is 3.58. The maximum Gasteiger partial charge on any atom is 0.137 e. The largest absolute Gasteiger partial charge is 0.377 e. The average Bonchev–Trinajstić information content (AvgIpc) is 2.66. The zero-order valence-electron chi connectivity index (χ0n) is 13.1. The molecule has 1 fully saturated rings. The van der Waals surface area contributed by atoms with Crippen LogP contribution in [0, 0.1) is 6.92 Å². The third-order valence-electron chi connectivity index (χ3n) is 3.58. The molecule has 0 spiro atoms. The van der Waals surface area contributed by atoms with E-state index in [0.717, 1.165) is 62.1 Å². The summed E-state index contributed by atoms with van der Waals surface area (Å²) in [5, 5.41) is 3.35. The molecule has 5 nitrogen and oxygen atoms in total. The van der Waals surface area contributed by atoms with Gasteiger partial charge in [0.25, 0.3) is 0 Å². The van der Waals surface area contributed by atoms with Gasteiger partial charge in [0.2, 0.25) is 0 Å². The summed E-state index contributed by atoms with van der Waals surface area (Å²) in [4.78, 5) is 11.7. The zero-order chi connectivity index (χ0) is 14.5. The van der Waals surface area contributed by atoms with Crippen LogP contribution in [-0.2, 0) is 11.2 Å². The van der Waals surface area contributed by atoms with Crippen LogP contribution in [0.1, 0.15) is 38.6 Å². The van der Waals surface area contributed by atoms with Crippen molar-refractivity contribution in [3.05, 3.63) is 11.4 Å². The van der Waals surface area contributed by atoms with Gasteiger partial charge in [-0.2, -0.15) is 0 Å². The van der Waals surface area contributed by atoms with Crippen LogP contribution >= 0.6 is 0 Å². The average molecular weight is 278 g/mol. The van der Waals surface area contributed by atoms with E-state index in [0.29, 0.717) is 0 Å². The maximum atomic E-state index is 5.73. The van der Waals surface area contributed by atoms with E-state index in [9.17, 15) is 0 Å². The summed E-state index contributed by atoms with van der Waals surface area (Å²) < 4.78 is 5.73. The molecule has 1 aliphatic heterocycles. The molecule has 1 saturated heterocycles. The maximum absolute atomic E-state index is 5.73. The number of nitrogens with one attached hydrogen (secondary N) is 1. The number of anilines is 2. The van der Waals surface area contributed by atoms with E-state index in [1.807, 2.05) is 0 Å². The summed E-state index contributed by atoms with van der Waals surface area (Å²) in [5.74, 6) is 2.93. The van der Waals surface area contributed by atoms with Gasteiger partial charge in [-0.05, 0) is 27.2 Å². The highest BCUT2D eigenvalue weighted by Gasteiger charge is 2.20. The highest BCUT2D eigenvalue weighted by atomic mass is 16.5. The second-order valence-electron chi connectivity index (χ2n) is 5.30. The second-order valence-corrected chi connectivity index (χ2v) is 5.30. The molecule has 0 amide bonds. The molecule has 0 saturated carbocycles. The molecule has 112 valence electrons. The summed E-state index contributed by atoms with van der Waals surface area (Å²) in [6.07, 6.45) is 2.15. The Balaban J connectivity index is 2.35. The Morgan fingerprint density at radius 1 is 1.35 bits per heavy atom. The number of ether oxygens (including phenoxy) is 1. The minimum atomic E-state index is 0.250. The van der Waals surface area contributed by atoms with Gasteiger partial charge in [-0.15, -0.1) is 0 Å². The highest BCUT2D eigenvalue weighted by molar-refractivity contribution is 5.58. The van der Waals surface area contributed by atoms with Gasteiger partial charge in [0, 0.05) is 38.2 Å². The van der Waals surface area contributed by atoms with Gasteiger partial charge in [-0.3, -0.25) is 0 Å². The Bertz CT molecular complexity index is 450. The van der Waals surface area contributed by atoms with Crippen molar-refractivity contribution in [1.29, 1.82) is 0 Å². The van der Waals surface area contributed by atoms with Crippen molar-refractivity contribution in [2.45, 2.75) is 46.6 Å². The van der Waals surface area contributed by atoms with E-state index in [4.69, 9.17) is 9.72 Å². The predicted molar refractivity (Wildman–Crippen MR) is 82.6 cm³/mol. The fourth-order valence-electron chi connectivity index (χ4n) is 2.54. The summed E-state index contributed by atoms with van der Waals surface area (Å²) in [6, 6.07) is 0. The molecule has 1 atom stereocenters.